The standard InChI is InChI=1S/C13H19NO2S.C2HF3O2/c1-10-3-4-11(16-10)6-14-8-13(9-14)5-12(15-2)7-17-13;3-2(4,5)1(6)7/h3-4,12H,5-9H2,1-2H3;(H,6,7). The normalized spacial score (nSPS) is 22.8. The quantitative estimate of drug-likeness (QED) is 0.886. The third-order valence-electron chi connectivity index (χ3n) is 3.95. The van der Waals surface area contributed by atoms with E-state index in [1.165, 1.54) is 19.5 Å². The number of methoxy groups -OCH3 is 1. The van der Waals surface area contributed by atoms with Gasteiger partial charge in [-0.05, 0) is 25.5 Å². The van der Waals surface area contributed by atoms with Crippen LogP contribution in [0.1, 0.15) is 17.9 Å². The molecule has 1 aromatic heterocycles. The lowest BCUT2D eigenvalue weighted by atomic mass is 9.93. The number of nitrogens with zero attached hydrogens (tertiary/aromatic N) is 1. The number of carbonyl (C=O) groups is 1. The van der Waals surface area contributed by atoms with Crippen LogP contribution < -0.4 is 0 Å². The van der Waals surface area contributed by atoms with Crippen molar-refractivity contribution in [1.29, 1.82) is 0 Å². The zero-order valence-electron chi connectivity index (χ0n) is 13.4. The van der Waals surface area contributed by atoms with E-state index in [2.05, 4.69) is 22.7 Å². The molecule has 1 unspecified atom stereocenters. The van der Waals surface area contributed by atoms with Crippen molar-refractivity contribution in [2.45, 2.75) is 36.9 Å². The van der Waals surface area contributed by atoms with Crippen molar-refractivity contribution >= 4 is 17.7 Å². The lowest BCUT2D eigenvalue weighted by molar-refractivity contribution is -0.192. The summed E-state index contributed by atoms with van der Waals surface area (Å²) in [6, 6.07) is 4.12. The average molecular weight is 367 g/mol. The number of aliphatic carboxylic acids is 1. The summed E-state index contributed by atoms with van der Waals surface area (Å²) in [4.78, 5) is 11.4. The summed E-state index contributed by atoms with van der Waals surface area (Å²) < 4.78 is 43.3. The molecule has 0 aromatic carbocycles. The topological polar surface area (TPSA) is 62.9 Å². The van der Waals surface area contributed by atoms with Gasteiger partial charge in [0.15, 0.2) is 0 Å². The van der Waals surface area contributed by atoms with Gasteiger partial charge in [-0.25, -0.2) is 4.79 Å². The molecule has 1 aromatic rings. The van der Waals surface area contributed by atoms with Crippen LogP contribution in [-0.2, 0) is 16.1 Å². The molecular formula is C15H20F3NO4S. The number of ether oxygens (including phenoxy) is 1. The average Bonchev–Trinajstić information content (AvgIpc) is 3.05. The van der Waals surface area contributed by atoms with E-state index in [-0.39, 0.29) is 0 Å². The van der Waals surface area contributed by atoms with Gasteiger partial charge < -0.3 is 14.3 Å². The minimum Gasteiger partial charge on any atom is -0.475 e. The Morgan fingerprint density at radius 2 is 2.12 bits per heavy atom. The van der Waals surface area contributed by atoms with E-state index in [0.717, 1.165) is 23.8 Å². The molecule has 2 aliphatic heterocycles. The number of rotatable bonds is 3. The molecule has 0 radical (unpaired) electrons. The Labute approximate surface area is 142 Å². The van der Waals surface area contributed by atoms with Gasteiger partial charge in [-0.15, -0.1) is 11.8 Å². The van der Waals surface area contributed by atoms with Gasteiger partial charge in [0, 0.05) is 30.7 Å². The number of halogens is 3. The van der Waals surface area contributed by atoms with Gasteiger partial charge in [0.05, 0.1) is 12.6 Å². The van der Waals surface area contributed by atoms with Gasteiger partial charge in [-0.1, -0.05) is 0 Å². The molecule has 2 fully saturated rings. The highest BCUT2D eigenvalue weighted by Crippen LogP contribution is 2.46. The van der Waals surface area contributed by atoms with Crippen LogP contribution in [-0.4, -0.2) is 59.0 Å². The van der Waals surface area contributed by atoms with E-state index in [9.17, 15) is 13.2 Å². The minimum atomic E-state index is -5.08. The van der Waals surface area contributed by atoms with Crippen molar-refractivity contribution in [3.05, 3.63) is 23.7 Å². The highest BCUT2D eigenvalue weighted by atomic mass is 32.2. The number of alkyl halides is 3. The number of likely N-dealkylation sites (tertiary alicyclic amines) is 1. The third kappa shape index (κ3) is 4.90. The minimum absolute atomic E-state index is 0.466. The Morgan fingerprint density at radius 1 is 1.50 bits per heavy atom. The van der Waals surface area contributed by atoms with Gasteiger partial charge in [0.1, 0.15) is 11.5 Å². The van der Waals surface area contributed by atoms with Gasteiger partial charge in [0.2, 0.25) is 0 Å². The Bertz CT molecular complexity index is 569. The van der Waals surface area contributed by atoms with E-state index in [4.69, 9.17) is 19.1 Å². The fourth-order valence-corrected chi connectivity index (χ4v) is 4.49. The first-order chi connectivity index (χ1) is 11.1. The molecule has 9 heteroatoms. The summed E-state index contributed by atoms with van der Waals surface area (Å²) in [6.45, 7) is 5.31. The zero-order valence-corrected chi connectivity index (χ0v) is 14.2. The van der Waals surface area contributed by atoms with Gasteiger partial charge in [-0.2, -0.15) is 13.2 Å². The van der Waals surface area contributed by atoms with Crippen molar-refractivity contribution in [2.24, 2.45) is 0 Å². The number of carboxylic acids is 1. The number of furan rings is 1. The number of thioether (sulfide) groups is 1. The van der Waals surface area contributed by atoms with Crippen LogP contribution in [0.3, 0.4) is 0 Å². The maximum atomic E-state index is 10.6. The summed E-state index contributed by atoms with van der Waals surface area (Å²) in [5.74, 6) is 0.491. The molecule has 2 aliphatic rings. The van der Waals surface area contributed by atoms with Crippen molar-refractivity contribution in [1.82, 2.24) is 4.90 Å². The largest absolute Gasteiger partial charge is 0.490 e. The Hall–Kier alpha value is -1.19. The zero-order chi connectivity index (χ0) is 18.0. The fourth-order valence-electron chi connectivity index (χ4n) is 2.85. The third-order valence-corrected chi connectivity index (χ3v) is 5.53. The lowest BCUT2D eigenvalue weighted by Crippen LogP contribution is -2.58. The Kier molecular flexibility index (Phi) is 5.87. The summed E-state index contributed by atoms with van der Waals surface area (Å²) >= 11 is 2.09. The number of aryl methyl sites for hydroxylation is 1. The molecule has 2 saturated heterocycles. The molecule has 1 N–H and O–H groups in total. The maximum absolute atomic E-state index is 10.6. The summed E-state index contributed by atoms with van der Waals surface area (Å²) in [6.07, 6.45) is -3.41. The van der Waals surface area contributed by atoms with Crippen molar-refractivity contribution in [3.8, 4) is 0 Å². The summed E-state index contributed by atoms with van der Waals surface area (Å²) in [7, 11) is 1.83. The van der Waals surface area contributed by atoms with Gasteiger partial charge >= 0.3 is 12.1 Å². The molecule has 0 amide bonds. The van der Waals surface area contributed by atoms with Crippen LogP contribution in [0.25, 0.3) is 0 Å². The first-order valence-electron chi connectivity index (χ1n) is 7.38. The SMILES string of the molecule is COC1CSC2(C1)CN(Cc1ccc(C)o1)C2.O=C(O)C(F)(F)F. The predicted octanol–water partition coefficient (Wildman–Crippen LogP) is 2.93. The monoisotopic (exact) mass is 367 g/mol. The van der Waals surface area contributed by atoms with Crippen LogP contribution in [0, 0.1) is 6.92 Å². The molecule has 5 nitrogen and oxygen atoms in total. The van der Waals surface area contributed by atoms with E-state index < -0.39 is 12.1 Å². The Morgan fingerprint density at radius 3 is 2.54 bits per heavy atom. The second kappa shape index (κ2) is 7.37. The molecule has 3 heterocycles. The van der Waals surface area contributed by atoms with Crippen LogP contribution in [0.5, 0.6) is 0 Å². The molecule has 0 saturated carbocycles. The second-order valence-corrected chi connectivity index (χ2v) is 7.50. The van der Waals surface area contributed by atoms with E-state index in [0.29, 0.717) is 10.9 Å². The lowest BCUT2D eigenvalue weighted by Gasteiger charge is -2.47. The highest BCUT2D eigenvalue weighted by molar-refractivity contribution is 8.01. The fraction of sp³-hybridized carbons (Fsp3) is 0.667. The molecule has 0 aliphatic carbocycles. The summed E-state index contributed by atoms with van der Waals surface area (Å²) in [5.41, 5.74) is 0. The van der Waals surface area contributed by atoms with Crippen molar-refractivity contribution < 1.29 is 32.2 Å². The van der Waals surface area contributed by atoms with E-state index in [1.54, 1.807) is 0 Å². The van der Waals surface area contributed by atoms with Gasteiger partial charge in [0.25, 0.3) is 0 Å². The molecule has 1 atom stereocenters. The molecule has 24 heavy (non-hydrogen) atoms. The number of carboxylic acid groups (broad SMARTS) is 1. The van der Waals surface area contributed by atoms with Crippen LogP contribution >= 0.6 is 11.8 Å². The summed E-state index contributed by atoms with van der Waals surface area (Å²) in [5, 5.41) is 7.12. The van der Waals surface area contributed by atoms with E-state index >= 15 is 0 Å². The number of hydrogen-bond acceptors (Lipinski definition) is 5. The van der Waals surface area contributed by atoms with Gasteiger partial charge in [-0.3, -0.25) is 4.90 Å². The van der Waals surface area contributed by atoms with Crippen molar-refractivity contribution in [2.75, 3.05) is 26.0 Å². The Balaban J connectivity index is 0.000000256. The molecule has 3 rings (SSSR count). The second-order valence-electron chi connectivity index (χ2n) is 6.02. The number of hydrogen-bond donors (Lipinski definition) is 1. The predicted molar refractivity (Wildman–Crippen MR) is 83.0 cm³/mol. The first-order valence-corrected chi connectivity index (χ1v) is 8.37. The van der Waals surface area contributed by atoms with Crippen LogP contribution in [0.2, 0.25) is 0 Å². The maximum Gasteiger partial charge on any atom is 0.490 e. The first kappa shape index (κ1) is 19.1. The van der Waals surface area contributed by atoms with E-state index in [1.807, 2.05) is 20.1 Å². The van der Waals surface area contributed by atoms with Crippen LogP contribution in [0.4, 0.5) is 13.2 Å². The smallest absolute Gasteiger partial charge is 0.475 e. The van der Waals surface area contributed by atoms with Crippen molar-refractivity contribution in [3.63, 3.8) is 0 Å². The van der Waals surface area contributed by atoms with Crippen LogP contribution in [0.15, 0.2) is 16.5 Å². The highest BCUT2D eigenvalue weighted by Gasteiger charge is 2.49. The molecule has 136 valence electrons. The molecule has 1 spiro atoms. The molecule has 0 bridgehead atoms. The molecular weight excluding hydrogens is 347 g/mol.